The highest BCUT2D eigenvalue weighted by atomic mass is 16.3. The summed E-state index contributed by atoms with van der Waals surface area (Å²) in [6.45, 7) is 2.88. The van der Waals surface area contributed by atoms with Crippen molar-refractivity contribution in [1.82, 2.24) is 15.1 Å². The fourth-order valence-electron chi connectivity index (χ4n) is 2.74. The lowest BCUT2D eigenvalue weighted by Crippen LogP contribution is -2.18. The zero-order valence-corrected chi connectivity index (χ0v) is 11.4. The molecule has 1 saturated carbocycles. The third-order valence-electron chi connectivity index (χ3n) is 3.92. The summed E-state index contributed by atoms with van der Waals surface area (Å²) < 4.78 is 7.52. The average Bonchev–Trinajstić information content (AvgIpc) is 3.14. The summed E-state index contributed by atoms with van der Waals surface area (Å²) >= 11 is 0. The highest BCUT2D eigenvalue weighted by molar-refractivity contribution is 5.05. The van der Waals surface area contributed by atoms with Crippen molar-refractivity contribution < 1.29 is 4.42 Å². The fourth-order valence-corrected chi connectivity index (χ4v) is 2.74. The molecule has 0 bridgehead atoms. The van der Waals surface area contributed by atoms with E-state index < -0.39 is 0 Å². The van der Waals surface area contributed by atoms with Crippen molar-refractivity contribution in [2.24, 2.45) is 0 Å². The lowest BCUT2D eigenvalue weighted by molar-refractivity contribution is 0.423. The lowest BCUT2D eigenvalue weighted by atomic mass is 10.2. The molecule has 0 spiro atoms. The summed E-state index contributed by atoms with van der Waals surface area (Å²) in [6, 6.07) is 6.86. The van der Waals surface area contributed by atoms with Gasteiger partial charge in [-0.2, -0.15) is 5.10 Å². The molecule has 2 aromatic rings. The van der Waals surface area contributed by atoms with Crippen LogP contribution in [0.5, 0.6) is 0 Å². The molecule has 3 rings (SSSR count). The van der Waals surface area contributed by atoms with Crippen LogP contribution in [0.4, 0.5) is 0 Å². The smallest absolute Gasteiger partial charge is 0.120 e. The fraction of sp³-hybridized carbons (Fsp3) is 0.533. The van der Waals surface area contributed by atoms with Crippen LogP contribution in [0.1, 0.15) is 56.1 Å². The van der Waals surface area contributed by atoms with Crippen molar-refractivity contribution in [2.75, 3.05) is 0 Å². The van der Waals surface area contributed by atoms with E-state index in [1.54, 1.807) is 6.26 Å². The van der Waals surface area contributed by atoms with E-state index in [2.05, 4.69) is 34.3 Å². The normalized spacial score (nSPS) is 17.9. The Morgan fingerprint density at radius 1 is 1.42 bits per heavy atom. The Balaban J connectivity index is 1.55. The molecular weight excluding hydrogens is 238 g/mol. The van der Waals surface area contributed by atoms with E-state index in [0.717, 1.165) is 18.0 Å². The monoisotopic (exact) mass is 259 g/mol. The molecule has 19 heavy (non-hydrogen) atoms. The molecule has 4 heteroatoms. The molecule has 0 aromatic carbocycles. The Bertz CT molecular complexity index is 497. The van der Waals surface area contributed by atoms with Crippen LogP contribution in [-0.2, 0) is 6.54 Å². The van der Waals surface area contributed by atoms with Gasteiger partial charge >= 0.3 is 0 Å². The Kier molecular flexibility index (Phi) is 3.69. The van der Waals surface area contributed by atoms with Crippen molar-refractivity contribution >= 4 is 0 Å². The molecule has 1 fully saturated rings. The van der Waals surface area contributed by atoms with E-state index >= 15 is 0 Å². The summed E-state index contributed by atoms with van der Waals surface area (Å²) in [5, 5.41) is 8.10. The zero-order valence-electron chi connectivity index (χ0n) is 11.4. The van der Waals surface area contributed by atoms with Gasteiger partial charge in [0.15, 0.2) is 0 Å². The highest BCUT2D eigenvalue weighted by Crippen LogP contribution is 2.28. The summed E-state index contributed by atoms with van der Waals surface area (Å²) in [4.78, 5) is 0. The summed E-state index contributed by atoms with van der Waals surface area (Å²) in [5.41, 5.74) is 1.10. The number of furan rings is 1. The van der Waals surface area contributed by atoms with Crippen LogP contribution in [0.15, 0.2) is 35.1 Å². The highest BCUT2D eigenvalue weighted by Gasteiger charge is 2.17. The van der Waals surface area contributed by atoms with Crippen molar-refractivity contribution in [2.45, 2.75) is 51.2 Å². The van der Waals surface area contributed by atoms with Crippen LogP contribution in [-0.4, -0.2) is 9.78 Å². The standard InChI is InChI=1S/C15H21N3O/c1-12(15-7-4-10-19-15)16-11-13-8-9-18(17-13)14-5-2-3-6-14/h4,7-10,12,14,16H,2-3,5-6,11H2,1H3/t12-/m1/s1. The van der Waals surface area contributed by atoms with E-state index in [9.17, 15) is 0 Å². The molecule has 0 saturated heterocycles. The molecule has 1 atom stereocenters. The summed E-state index contributed by atoms with van der Waals surface area (Å²) in [7, 11) is 0. The Morgan fingerprint density at radius 2 is 2.26 bits per heavy atom. The minimum atomic E-state index is 0.214. The molecule has 1 aliphatic rings. The van der Waals surface area contributed by atoms with Gasteiger partial charge < -0.3 is 9.73 Å². The SMILES string of the molecule is C[C@@H](NCc1ccn(C2CCCC2)n1)c1ccco1. The van der Waals surface area contributed by atoms with E-state index in [1.165, 1.54) is 25.7 Å². The van der Waals surface area contributed by atoms with Gasteiger partial charge in [-0.15, -0.1) is 0 Å². The van der Waals surface area contributed by atoms with Gasteiger partial charge in [0.25, 0.3) is 0 Å². The predicted octanol–water partition coefficient (Wildman–Crippen LogP) is 3.44. The largest absolute Gasteiger partial charge is 0.468 e. The molecule has 2 aromatic heterocycles. The number of nitrogens with one attached hydrogen (secondary N) is 1. The molecule has 2 heterocycles. The molecule has 0 aliphatic heterocycles. The van der Waals surface area contributed by atoms with Gasteiger partial charge in [-0.05, 0) is 38.0 Å². The molecule has 0 unspecified atom stereocenters. The molecular formula is C15H21N3O. The number of hydrogen-bond acceptors (Lipinski definition) is 3. The van der Waals surface area contributed by atoms with Gasteiger partial charge in [0, 0.05) is 12.7 Å². The summed E-state index contributed by atoms with van der Waals surface area (Å²) in [5.74, 6) is 0.968. The first-order valence-electron chi connectivity index (χ1n) is 7.14. The van der Waals surface area contributed by atoms with Gasteiger partial charge in [0.2, 0.25) is 0 Å². The van der Waals surface area contributed by atoms with E-state index in [0.29, 0.717) is 6.04 Å². The van der Waals surface area contributed by atoms with Crippen molar-refractivity contribution in [3.05, 3.63) is 42.1 Å². The first kappa shape index (κ1) is 12.5. The molecule has 0 radical (unpaired) electrons. The molecule has 0 amide bonds. The Morgan fingerprint density at radius 3 is 3.00 bits per heavy atom. The van der Waals surface area contributed by atoms with Crippen LogP contribution in [0.3, 0.4) is 0 Å². The molecule has 1 N–H and O–H groups in total. The quantitative estimate of drug-likeness (QED) is 0.894. The van der Waals surface area contributed by atoms with E-state index in [4.69, 9.17) is 4.42 Å². The second-order valence-electron chi connectivity index (χ2n) is 5.34. The third-order valence-corrected chi connectivity index (χ3v) is 3.92. The van der Waals surface area contributed by atoms with E-state index in [-0.39, 0.29) is 6.04 Å². The van der Waals surface area contributed by atoms with Crippen LogP contribution >= 0.6 is 0 Å². The maximum Gasteiger partial charge on any atom is 0.120 e. The minimum absolute atomic E-state index is 0.214. The van der Waals surface area contributed by atoms with Crippen LogP contribution in [0, 0.1) is 0 Å². The number of hydrogen-bond donors (Lipinski definition) is 1. The Hall–Kier alpha value is -1.55. The summed E-state index contributed by atoms with van der Waals surface area (Å²) in [6.07, 6.45) is 9.06. The maximum absolute atomic E-state index is 5.38. The van der Waals surface area contributed by atoms with Gasteiger partial charge in [0.05, 0.1) is 24.0 Å². The van der Waals surface area contributed by atoms with Gasteiger partial charge in [-0.3, -0.25) is 4.68 Å². The third kappa shape index (κ3) is 2.89. The lowest BCUT2D eigenvalue weighted by Gasteiger charge is -2.11. The predicted molar refractivity (Wildman–Crippen MR) is 73.7 cm³/mol. The van der Waals surface area contributed by atoms with Crippen LogP contribution < -0.4 is 5.32 Å². The van der Waals surface area contributed by atoms with Gasteiger partial charge in [-0.1, -0.05) is 12.8 Å². The van der Waals surface area contributed by atoms with Gasteiger partial charge in [-0.25, -0.2) is 0 Å². The number of nitrogens with zero attached hydrogens (tertiary/aromatic N) is 2. The van der Waals surface area contributed by atoms with Crippen LogP contribution in [0.2, 0.25) is 0 Å². The molecule has 1 aliphatic carbocycles. The molecule has 4 nitrogen and oxygen atoms in total. The van der Waals surface area contributed by atoms with Crippen LogP contribution in [0.25, 0.3) is 0 Å². The Labute approximate surface area is 113 Å². The average molecular weight is 259 g/mol. The number of aromatic nitrogens is 2. The second kappa shape index (κ2) is 5.61. The van der Waals surface area contributed by atoms with Crippen molar-refractivity contribution in [3.63, 3.8) is 0 Å². The second-order valence-corrected chi connectivity index (χ2v) is 5.34. The van der Waals surface area contributed by atoms with Crippen molar-refractivity contribution in [1.29, 1.82) is 0 Å². The van der Waals surface area contributed by atoms with Gasteiger partial charge in [0.1, 0.15) is 5.76 Å². The minimum Gasteiger partial charge on any atom is -0.468 e. The molecule has 102 valence electrons. The first-order valence-corrected chi connectivity index (χ1v) is 7.14. The first-order chi connectivity index (χ1) is 9.33. The topological polar surface area (TPSA) is 43.0 Å². The zero-order chi connectivity index (χ0) is 13.1. The van der Waals surface area contributed by atoms with E-state index in [1.807, 2.05) is 12.1 Å². The maximum atomic E-state index is 5.38. The number of rotatable bonds is 5. The van der Waals surface area contributed by atoms with Crippen molar-refractivity contribution in [3.8, 4) is 0 Å².